The molecule has 1 aliphatic rings. The van der Waals surface area contributed by atoms with Crippen molar-refractivity contribution in [3.63, 3.8) is 0 Å². The lowest BCUT2D eigenvalue weighted by Gasteiger charge is -2.34. The zero-order chi connectivity index (χ0) is 21.7. The number of benzene rings is 1. The van der Waals surface area contributed by atoms with Crippen LogP contribution in [0.3, 0.4) is 0 Å². The van der Waals surface area contributed by atoms with E-state index < -0.39 is 0 Å². The van der Waals surface area contributed by atoms with E-state index >= 15 is 0 Å². The molecule has 1 aliphatic heterocycles. The molecule has 0 radical (unpaired) electrons. The SMILES string of the molecule is CCCC[C@H](CC)C(=O)N1CCc2nc(-c3ccccc3)nc(N(C)C(C)C)c2C1. The fraction of sp³-hybridized carbons (Fsp3) is 0.560. The van der Waals surface area contributed by atoms with E-state index in [0.717, 1.165) is 67.1 Å². The summed E-state index contributed by atoms with van der Waals surface area (Å²) in [4.78, 5) is 27.3. The molecule has 0 aliphatic carbocycles. The van der Waals surface area contributed by atoms with Crippen LogP contribution in [0.25, 0.3) is 11.4 Å². The first kappa shape index (κ1) is 22.3. The second-order valence-electron chi connectivity index (χ2n) is 8.62. The van der Waals surface area contributed by atoms with Crippen molar-refractivity contribution in [1.82, 2.24) is 14.9 Å². The topological polar surface area (TPSA) is 49.3 Å². The number of carbonyl (C=O) groups is 1. The molecule has 0 N–H and O–H groups in total. The maximum absolute atomic E-state index is 13.2. The molecule has 162 valence electrons. The average Bonchev–Trinajstić information content (AvgIpc) is 2.78. The van der Waals surface area contributed by atoms with Crippen molar-refractivity contribution in [2.45, 2.75) is 72.4 Å². The summed E-state index contributed by atoms with van der Waals surface area (Å²) in [6.45, 7) is 10.00. The van der Waals surface area contributed by atoms with Crippen molar-refractivity contribution >= 4 is 11.7 Å². The number of hydrogen-bond donors (Lipinski definition) is 0. The summed E-state index contributed by atoms with van der Waals surface area (Å²) in [5.41, 5.74) is 3.22. The van der Waals surface area contributed by atoms with E-state index in [0.29, 0.717) is 18.5 Å². The fourth-order valence-corrected chi connectivity index (χ4v) is 4.05. The number of unbranched alkanes of at least 4 members (excludes halogenated alkanes) is 1. The van der Waals surface area contributed by atoms with Gasteiger partial charge in [0, 0.05) is 43.1 Å². The number of rotatable bonds is 8. The molecule has 0 saturated carbocycles. The van der Waals surface area contributed by atoms with Crippen LogP contribution in [0.4, 0.5) is 5.82 Å². The molecule has 1 atom stereocenters. The molecule has 0 bridgehead atoms. The quantitative estimate of drug-likeness (QED) is 0.610. The Hall–Kier alpha value is -2.43. The Bertz CT molecular complexity index is 850. The van der Waals surface area contributed by atoms with Gasteiger partial charge in [-0.1, -0.05) is 57.0 Å². The molecule has 5 heteroatoms. The average molecular weight is 409 g/mol. The van der Waals surface area contributed by atoms with Crippen LogP contribution in [-0.2, 0) is 17.8 Å². The zero-order valence-electron chi connectivity index (χ0n) is 19.2. The van der Waals surface area contributed by atoms with E-state index in [4.69, 9.17) is 9.97 Å². The second-order valence-corrected chi connectivity index (χ2v) is 8.62. The van der Waals surface area contributed by atoms with Crippen molar-refractivity contribution in [1.29, 1.82) is 0 Å². The van der Waals surface area contributed by atoms with Gasteiger partial charge in [-0.05, 0) is 26.7 Å². The molecule has 1 amide bonds. The van der Waals surface area contributed by atoms with Crippen molar-refractivity contribution in [2.24, 2.45) is 5.92 Å². The summed E-state index contributed by atoms with van der Waals surface area (Å²) in [5.74, 6) is 2.14. The predicted octanol–water partition coefficient (Wildman–Crippen LogP) is 5.09. The lowest BCUT2D eigenvalue weighted by molar-refractivity contribution is -0.136. The summed E-state index contributed by atoms with van der Waals surface area (Å²) in [6, 6.07) is 10.5. The zero-order valence-corrected chi connectivity index (χ0v) is 19.2. The highest BCUT2D eigenvalue weighted by atomic mass is 16.2. The first-order valence-corrected chi connectivity index (χ1v) is 11.4. The van der Waals surface area contributed by atoms with Gasteiger partial charge in [-0.15, -0.1) is 0 Å². The molecule has 3 rings (SSSR count). The number of hydrogen-bond acceptors (Lipinski definition) is 4. The molecule has 5 nitrogen and oxygen atoms in total. The molecule has 0 fully saturated rings. The van der Waals surface area contributed by atoms with Gasteiger partial charge in [0.15, 0.2) is 5.82 Å². The summed E-state index contributed by atoms with van der Waals surface area (Å²) in [7, 11) is 2.08. The number of amides is 1. The van der Waals surface area contributed by atoms with Gasteiger partial charge < -0.3 is 9.80 Å². The van der Waals surface area contributed by atoms with Crippen molar-refractivity contribution in [2.75, 3.05) is 18.5 Å². The predicted molar refractivity (Wildman–Crippen MR) is 123 cm³/mol. The van der Waals surface area contributed by atoms with Crippen LogP contribution in [0.15, 0.2) is 30.3 Å². The highest BCUT2D eigenvalue weighted by molar-refractivity contribution is 5.79. The molecular weight excluding hydrogens is 372 g/mol. The van der Waals surface area contributed by atoms with Gasteiger partial charge >= 0.3 is 0 Å². The molecule has 0 unspecified atom stereocenters. The third-order valence-electron chi connectivity index (χ3n) is 6.24. The van der Waals surface area contributed by atoms with E-state index in [-0.39, 0.29) is 5.92 Å². The number of fused-ring (bicyclic) bond motifs is 1. The van der Waals surface area contributed by atoms with E-state index in [9.17, 15) is 4.79 Å². The Balaban J connectivity index is 1.95. The summed E-state index contributed by atoms with van der Waals surface area (Å²) in [6.07, 6.45) is 4.92. The van der Waals surface area contributed by atoms with Crippen LogP contribution in [0, 0.1) is 5.92 Å². The Kier molecular flexibility index (Phi) is 7.46. The minimum Gasteiger partial charge on any atom is -0.357 e. The van der Waals surface area contributed by atoms with Crippen molar-refractivity contribution in [3.8, 4) is 11.4 Å². The Morgan fingerprint density at radius 3 is 2.53 bits per heavy atom. The Labute approximate surface area is 181 Å². The van der Waals surface area contributed by atoms with Crippen LogP contribution in [-0.4, -0.2) is 40.4 Å². The lowest BCUT2D eigenvalue weighted by atomic mass is 9.96. The van der Waals surface area contributed by atoms with Gasteiger partial charge in [0.1, 0.15) is 5.82 Å². The van der Waals surface area contributed by atoms with Gasteiger partial charge in [-0.2, -0.15) is 0 Å². The molecule has 30 heavy (non-hydrogen) atoms. The van der Waals surface area contributed by atoms with Crippen LogP contribution in [0.5, 0.6) is 0 Å². The normalized spacial score (nSPS) is 14.5. The number of carbonyl (C=O) groups excluding carboxylic acids is 1. The molecular formula is C25H36N4O. The third kappa shape index (κ3) is 4.82. The van der Waals surface area contributed by atoms with E-state index in [1.54, 1.807) is 0 Å². The summed E-state index contributed by atoms with van der Waals surface area (Å²) >= 11 is 0. The van der Waals surface area contributed by atoms with Crippen LogP contribution >= 0.6 is 0 Å². The maximum Gasteiger partial charge on any atom is 0.225 e. The number of aromatic nitrogens is 2. The maximum atomic E-state index is 13.2. The highest BCUT2D eigenvalue weighted by Gasteiger charge is 2.30. The molecule has 0 saturated heterocycles. The van der Waals surface area contributed by atoms with Crippen LogP contribution in [0.1, 0.15) is 64.6 Å². The van der Waals surface area contributed by atoms with Crippen molar-refractivity contribution in [3.05, 3.63) is 41.6 Å². The van der Waals surface area contributed by atoms with Gasteiger partial charge in [-0.3, -0.25) is 4.79 Å². The van der Waals surface area contributed by atoms with Gasteiger partial charge in [-0.25, -0.2) is 9.97 Å². The minimum atomic E-state index is 0.127. The molecule has 2 aromatic rings. The van der Waals surface area contributed by atoms with Gasteiger partial charge in [0.2, 0.25) is 5.91 Å². The fourth-order valence-electron chi connectivity index (χ4n) is 4.05. The molecule has 0 spiro atoms. The molecule has 2 heterocycles. The first-order valence-electron chi connectivity index (χ1n) is 11.4. The Morgan fingerprint density at radius 1 is 1.17 bits per heavy atom. The smallest absolute Gasteiger partial charge is 0.225 e. The van der Waals surface area contributed by atoms with Gasteiger partial charge in [0.05, 0.1) is 12.2 Å². The second kappa shape index (κ2) is 10.1. The number of anilines is 1. The number of nitrogens with zero attached hydrogens (tertiary/aromatic N) is 4. The van der Waals surface area contributed by atoms with E-state index in [1.807, 2.05) is 23.1 Å². The highest BCUT2D eigenvalue weighted by Crippen LogP contribution is 2.31. The Morgan fingerprint density at radius 2 is 1.90 bits per heavy atom. The molecule has 1 aromatic heterocycles. The van der Waals surface area contributed by atoms with E-state index in [2.05, 4.69) is 51.8 Å². The van der Waals surface area contributed by atoms with E-state index in [1.165, 1.54) is 0 Å². The van der Waals surface area contributed by atoms with Crippen molar-refractivity contribution < 1.29 is 4.79 Å². The monoisotopic (exact) mass is 408 g/mol. The van der Waals surface area contributed by atoms with Crippen LogP contribution in [0.2, 0.25) is 0 Å². The van der Waals surface area contributed by atoms with Gasteiger partial charge in [0.25, 0.3) is 0 Å². The minimum absolute atomic E-state index is 0.127. The van der Waals surface area contributed by atoms with Crippen LogP contribution < -0.4 is 4.90 Å². The molecule has 1 aromatic carbocycles. The standard InChI is InChI=1S/C25H36N4O/c1-6-8-12-19(7-2)25(30)29-16-15-22-21(17-29)24(28(5)18(3)4)27-23(26-22)20-13-10-9-11-14-20/h9-11,13-14,18-19H,6-8,12,15-17H2,1-5H3/t19-/m0/s1. The first-order chi connectivity index (χ1) is 14.5. The lowest BCUT2D eigenvalue weighted by Crippen LogP contribution is -2.41. The third-order valence-corrected chi connectivity index (χ3v) is 6.24. The largest absolute Gasteiger partial charge is 0.357 e. The summed E-state index contributed by atoms with van der Waals surface area (Å²) in [5, 5.41) is 0. The summed E-state index contributed by atoms with van der Waals surface area (Å²) < 4.78 is 0.